The van der Waals surface area contributed by atoms with Crippen molar-refractivity contribution in [1.82, 2.24) is 30.1 Å². The normalized spacial score (nSPS) is 19.9. The lowest BCUT2D eigenvalue weighted by atomic mass is 10.0. The van der Waals surface area contributed by atoms with Crippen molar-refractivity contribution < 1.29 is 5.11 Å². The van der Waals surface area contributed by atoms with Crippen LogP contribution < -0.4 is 4.90 Å². The zero-order valence-corrected chi connectivity index (χ0v) is 16.0. The molecule has 1 aromatic carbocycles. The molecule has 1 aliphatic rings. The molecule has 3 aromatic rings. The van der Waals surface area contributed by atoms with Gasteiger partial charge in [0.25, 0.3) is 0 Å². The molecule has 0 aliphatic carbocycles. The van der Waals surface area contributed by atoms with Crippen LogP contribution in [0.15, 0.2) is 54.7 Å². The van der Waals surface area contributed by atoms with E-state index < -0.39 is 6.10 Å². The number of hydrogen-bond acceptors (Lipinski definition) is 7. The average Bonchev–Trinajstić information content (AvgIpc) is 3.23. The molecule has 0 radical (unpaired) electrons. The second-order valence-corrected chi connectivity index (χ2v) is 7.15. The third kappa shape index (κ3) is 4.02. The minimum Gasteiger partial charge on any atom is -0.390 e. The van der Waals surface area contributed by atoms with E-state index in [1.807, 2.05) is 54.7 Å². The average molecular weight is 379 g/mol. The van der Waals surface area contributed by atoms with Gasteiger partial charge in [-0.05, 0) is 48.2 Å². The van der Waals surface area contributed by atoms with Crippen LogP contribution in [0.1, 0.15) is 12.1 Å². The van der Waals surface area contributed by atoms with Gasteiger partial charge in [0.15, 0.2) is 0 Å². The molecule has 146 valence electrons. The highest BCUT2D eigenvalue weighted by Crippen LogP contribution is 2.22. The van der Waals surface area contributed by atoms with E-state index in [2.05, 4.69) is 37.4 Å². The van der Waals surface area contributed by atoms with Gasteiger partial charge in [-0.15, -0.1) is 0 Å². The Kier molecular flexibility index (Phi) is 5.59. The first-order chi connectivity index (χ1) is 13.7. The van der Waals surface area contributed by atoms with Gasteiger partial charge in [0, 0.05) is 44.0 Å². The van der Waals surface area contributed by atoms with Crippen LogP contribution in [-0.4, -0.2) is 74.0 Å². The van der Waals surface area contributed by atoms with E-state index in [0.717, 1.165) is 37.3 Å². The van der Waals surface area contributed by atoms with Crippen molar-refractivity contribution in [3.63, 3.8) is 0 Å². The number of aromatic nitrogens is 5. The molecule has 8 nitrogen and oxygen atoms in total. The molecule has 8 heteroatoms. The summed E-state index contributed by atoms with van der Waals surface area (Å²) in [5.41, 5.74) is 1.98. The molecule has 2 aromatic heterocycles. The Bertz CT molecular complexity index is 871. The SMILES string of the molecule is CN(CCc1ccccn1)[C@@H]1CCN(c2nnnn2-c2ccccc2)C[C@H]1O. The highest BCUT2D eigenvalue weighted by Gasteiger charge is 2.32. The molecule has 0 bridgehead atoms. The van der Waals surface area contributed by atoms with Crippen molar-refractivity contribution in [2.45, 2.75) is 25.0 Å². The van der Waals surface area contributed by atoms with E-state index in [1.165, 1.54) is 0 Å². The van der Waals surface area contributed by atoms with E-state index in [9.17, 15) is 5.11 Å². The first-order valence-electron chi connectivity index (χ1n) is 9.59. The number of nitrogens with zero attached hydrogens (tertiary/aromatic N) is 7. The van der Waals surface area contributed by atoms with Gasteiger partial charge in [-0.3, -0.25) is 4.98 Å². The van der Waals surface area contributed by atoms with Crippen molar-refractivity contribution >= 4 is 5.95 Å². The summed E-state index contributed by atoms with van der Waals surface area (Å²) < 4.78 is 1.72. The molecular formula is C20H25N7O. The Morgan fingerprint density at radius 3 is 2.71 bits per heavy atom. The zero-order chi connectivity index (χ0) is 19.3. The summed E-state index contributed by atoms with van der Waals surface area (Å²) in [5, 5.41) is 22.9. The van der Waals surface area contributed by atoms with Gasteiger partial charge in [0.1, 0.15) is 0 Å². The topological polar surface area (TPSA) is 83.2 Å². The van der Waals surface area contributed by atoms with Gasteiger partial charge < -0.3 is 14.9 Å². The Morgan fingerprint density at radius 2 is 1.96 bits per heavy atom. The van der Waals surface area contributed by atoms with Crippen LogP contribution in [0.3, 0.4) is 0 Å². The predicted octanol–water partition coefficient (Wildman–Crippen LogP) is 1.17. The van der Waals surface area contributed by atoms with Crippen molar-refractivity contribution in [3.05, 3.63) is 60.4 Å². The highest BCUT2D eigenvalue weighted by atomic mass is 16.3. The lowest BCUT2D eigenvalue weighted by Crippen LogP contribution is -2.54. The molecule has 3 heterocycles. The zero-order valence-electron chi connectivity index (χ0n) is 16.0. The highest BCUT2D eigenvalue weighted by molar-refractivity contribution is 5.41. The summed E-state index contributed by atoms with van der Waals surface area (Å²) in [6.07, 6.45) is 3.07. The van der Waals surface area contributed by atoms with E-state index in [4.69, 9.17) is 0 Å². The van der Waals surface area contributed by atoms with Crippen LogP contribution in [0.2, 0.25) is 0 Å². The van der Waals surface area contributed by atoms with E-state index in [0.29, 0.717) is 12.5 Å². The number of β-amino-alcohol motifs (C(OH)–C–C–N with tert-alkyl or cyclic N) is 1. The van der Waals surface area contributed by atoms with E-state index >= 15 is 0 Å². The monoisotopic (exact) mass is 379 g/mol. The predicted molar refractivity (Wildman–Crippen MR) is 106 cm³/mol. The number of anilines is 1. The van der Waals surface area contributed by atoms with Gasteiger partial charge in [-0.1, -0.05) is 29.4 Å². The van der Waals surface area contributed by atoms with Crippen LogP contribution in [0.25, 0.3) is 5.69 Å². The van der Waals surface area contributed by atoms with Crippen molar-refractivity contribution in [2.75, 3.05) is 31.6 Å². The van der Waals surface area contributed by atoms with Gasteiger partial charge in [0.05, 0.1) is 11.8 Å². The number of rotatable bonds is 6. The number of benzene rings is 1. The van der Waals surface area contributed by atoms with Gasteiger partial charge >= 0.3 is 0 Å². The number of aliphatic hydroxyl groups excluding tert-OH is 1. The number of para-hydroxylation sites is 1. The lowest BCUT2D eigenvalue weighted by molar-refractivity contribution is 0.0505. The summed E-state index contributed by atoms with van der Waals surface area (Å²) >= 11 is 0. The molecule has 2 atom stereocenters. The molecule has 28 heavy (non-hydrogen) atoms. The number of piperidine rings is 1. The largest absolute Gasteiger partial charge is 0.390 e. The van der Waals surface area contributed by atoms with Gasteiger partial charge in [-0.25, -0.2) is 0 Å². The summed E-state index contributed by atoms with van der Waals surface area (Å²) in [6, 6.07) is 15.9. The molecule has 0 saturated carbocycles. The Hall–Kier alpha value is -2.84. The fourth-order valence-electron chi connectivity index (χ4n) is 3.73. The molecular weight excluding hydrogens is 354 g/mol. The lowest BCUT2D eigenvalue weighted by Gasteiger charge is -2.40. The first-order valence-corrected chi connectivity index (χ1v) is 9.59. The molecule has 1 saturated heterocycles. The number of tetrazole rings is 1. The third-order valence-electron chi connectivity index (χ3n) is 5.30. The van der Waals surface area contributed by atoms with Crippen LogP contribution in [0, 0.1) is 0 Å². The fraction of sp³-hybridized carbons (Fsp3) is 0.400. The fourth-order valence-corrected chi connectivity index (χ4v) is 3.73. The van der Waals surface area contributed by atoms with Crippen molar-refractivity contribution in [1.29, 1.82) is 0 Å². The Labute approximate surface area is 164 Å². The standard InChI is InChI=1S/C20H25N7O/c1-25(13-10-16-7-5-6-12-21-16)18-11-14-26(15-19(18)28)20-22-23-24-27(20)17-8-3-2-4-9-17/h2-9,12,18-19,28H,10-11,13-15H2,1H3/t18-,19-/m1/s1. The molecule has 1 N–H and O–H groups in total. The maximum Gasteiger partial charge on any atom is 0.250 e. The Balaban J connectivity index is 1.39. The molecule has 1 fully saturated rings. The van der Waals surface area contributed by atoms with Crippen LogP contribution in [0.4, 0.5) is 5.95 Å². The third-order valence-corrected chi connectivity index (χ3v) is 5.30. The molecule has 0 unspecified atom stereocenters. The van der Waals surface area contributed by atoms with Crippen LogP contribution in [0.5, 0.6) is 0 Å². The van der Waals surface area contributed by atoms with Crippen molar-refractivity contribution in [3.8, 4) is 5.69 Å². The first kappa shape index (κ1) is 18.5. The van der Waals surface area contributed by atoms with E-state index in [-0.39, 0.29) is 6.04 Å². The number of pyridine rings is 1. The second-order valence-electron chi connectivity index (χ2n) is 7.15. The maximum atomic E-state index is 10.8. The van der Waals surface area contributed by atoms with Gasteiger partial charge in [-0.2, -0.15) is 4.68 Å². The van der Waals surface area contributed by atoms with Crippen molar-refractivity contribution in [2.24, 2.45) is 0 Å². The summed E-state index contributed by atoms with van der Waals surface area (Å²) in [7, 11) is 2.07. The molecule has 4 rings (SSSR count). The van der Waals surface area contributed by atoms with E-state index in [1.54, 1.807) is 4.68 Å². The number of likely N-dealkylation sites (N-methyl/N-ethyl adjacent to an activating group) is 1. The number of aliphatic hydroxyl groups is 1. The van der Waals surface area contributed by atoms with Gasteiger partial charge in [0.2, 0.25) is 5.95 Å². The Morgan fingerprint density at radius 1 is 1.14 bits per heavy atom. The van der Waals surface area contributed by atoms with Crippen LogP contribution in [-0.2, 0) is 6.42 Å². The summed E-state index contributed by atoms with van der Waals surface area (Å²) in [5.74, 6) is 0.667. The summed E-state index contributed by atoms with van der Waals surface area (Å²) in [4.78, 5) is 8.67. The van der Waals surface area contributed by atoms with Crippen LogP contribution >= 0.6 is 0 Å². The molecule has 1 aliphatic heterocycles. The molecule has 0 amide bonds. The summed E-state index contributed by atoms with van der Waals surface area (Å²) in [6.45, 7) is 2.16. The number of hydrogen-bond donors (Lipinski definition) is 1. The second kappa shape index (κ2) is 8.45. The molecule has 0 spiro atoms. The minimum absolute atomic E-state index is 0.112. The quantitative estimate of drug-likeness (QED) is 0.688. The minimum atomic E-state index is -0.469. The maximum absolute atomic E-state index is 10.8. The smallest absolute Gasteiger partial charge is 0.250 e.